The fourth-order valence-corrected chi connectivity index (χ4v) is 2.80. The van der Waals surface area contributed by atoms with Gasteiger partial charge in [-0.15, -0.1) is 0 Å². The second kappa shape index (κ2) is 4.70. The summed E-state index contributed by atoms with van der Waals surface area (Å²) in [5.74, 6) is 6.09. The number of halogens is 1. The summed E-state index contributed by atoms with van der Waals surface area (Å²) >= 11 is 3.37. The molecule has 1 aliphatic carbocycles. The molecule has 0 bridgehead atoms. The smallest absolute Gasteiger partial charge is 0.155 e. The number of epoxide rings is 1. The number of hydrogen-bond donors (Lipinski definition) is 1. The highest BCUT2D eigenvalue weighted by Crippen LogP contribution is 2.47. The Bertz CT molecular complexity index is 499. The Morgan fingerprint density at radius 3 is 2.83 bits per heavy atom. The van der Waals surface area contributed by atoms with Gasteiger partial charge in [0.25, 0.3) is 0 Å². The molecule has 0 radical (unpaired) electrons. The first-order valence-corrected chi connectivity index (χ1v) is 7.13. The second-order valence-corrected chi connectivity index (χ2v) is 5.88. The molecule has 0 aromatic heterocycles. The molecule has 1 heterocycles. The molecule has 3 heteroatoms. The molecule has 3 unspecified atom stereocenters. The van der Waals surface area contributed by atoms with Crippen LogP contribution in [0.15, 0.2) is 28.7 Å². The third-order valence-electron chi connectivity index (χ3n) is 3.69. The van der Waals surface area contributed by atoms with Crippen LogP contribution in [0.4, 0.5) is 0 Å². The SMILES string of the molecule is OC(C#CC12CCCCC1O2)c1ccc(Br)cc1. The average Bonchev–Trinajstić information content (AvgIpc) is 3.12. The van der Waals surface area contributed by atoms with Crippen LogP contribution < -0.4 is 0 Å². The van der Waals surface area contributed by atoms with Crippen molar-refractivity contribution in [1.29, 1.82) is 0 Å². The molecule has 1 aliphatic heterocycles. The van der Waals surface area contributed by atoms with Gasteiger partial charge < -0.3 is 9.84 Å². The van der Waals surface area contributed by atoms with E-state index in [4.69, 9.17) is 4.74 Å². The molecule has 1 saturated carbocycles. The van der Waals surface area contributed by atoms with Gasteiger partial charge in [-0.3, -0.25) is 0 Å². The van der Waals surface area contributed by atoms with Crippen LogP contribution in [0.1, 0.15) is 37.4 Å². The number of ether oxygens (including phenoxy) is 1. The maximum Gasteiger partial charge on any atom is 0.155 e. The quantitative estimate of drug-likeness (QED) is 0.638. The van der Waals surface area contributed by atoms with Crippen molar-refractivity contribution in [2.45, 2.75) is 43.5 Å². The summed E-state index contributed by atoms with van der Waals surface area (Å²) < 4.78 is 6.68. The minimum Gasteiger partial charge on any atom is -0.376 e. The largest absolute Gasteiger partial charge is 0.376 e. The van der Waals surface area contributed by atoms with Gasteiger partial charge in [0.15, 0.2) is 5.60 Å². The van der Waals surface area contributed by atoms with Crippen LogP contribution in [-0.2, 0) is 4.74 Å². The molecule has 0 spiro atoms. The minimum atomic E-state index is -0.723. The van der Waals surface area contributed by atoms with Crippen molar-refractivity contribution in [3.8, 4) is 11.8 Å². The molecule has 18 heavy (non-hydrogen) atoms. The molecule has 0 amide bonds. The summed E-state index contributed by atoms with van der Waals surface area (Å²) in [7, 11) is 0. The molecule has 1 N–H and O–H groups in total. The Balaban J connectivity index is 1.72. The third kappa shape index (κ3) is 2.33. The van der Waals surface area contributed by atoms with Crippen LogP contribution in [0.2, 0.25) is 0 Å². The Morgan fingerprint density at radius 1 is 1.33 bits per heavy atom. The van der Waals surface area contributed by atoms with Crippen LogP contribution in [-0.4, -0.2) is 16.8 Å². The van der Waals surface area contributed by atoms with Gasteiger partial charge in [-0.2, -0.15) is 0 Å². The molecule has 3 atom stereocenters. The van der Waals surface area contributed by atoms with E-state index in [1.807, 2.05) is 24.3 Å². The zero-order valence-electron chi connectivity index (χ0n) is 10.0. The van der Waals surface area contributed by atoms with E-state index in [2.05, 4.69) is 27.8 Å². The lowest BCUT2D eigenvalue weighted by Gasteiger charge is -2.11. The van der Waals surface area contributed by atoms with Crippen LogP contribution in [0, 0.1) is 11.8 Å². The Hall–Kier alpha value is -0.820. The summed E-state index contributed by atoms with van der Waals surface area (Å²) in [6, 6.07) is 7.59. The highest BCUT2D eigenvalue weighted by molar-refractivity contribution is 9.10. The van der Waals surface area contributed by atoms with E-state index in [0.29, 0.717) is 6.10 Å². The van der Waals surface area contributed by atoms with Crippen LogP contribution in [0.25, 0.3) is 0 Å². The zero-order valence-corrected chi connectivity index (χ0v) is 11.6. The molecule has 3 rings (SSSR count). The van der Waals surface area contributed by atoms with Crippen LogP contribution in [0.5, 0.6) is 0 Å². The number of rotatable bonds is 1. The number of aliphatic hydroxyl groups excluding tert-OH is 1. The van der Waals surface area contributed by atoms with Crippen molar-refractivity contribution in [1.82, 2.24) is 0 Å². The number of benzene rings is 1. The van der Waals surface area contributed by atoms with Gasteiger partial charge in [0, 0.05) is 4.47 Å². The van der Waals surface area contributed by atoms with Crippen molar-refractivity contribution in [3.05, 3.63) is 34.3 Å². The molecule has 94 valence electrons. The lowest BCUT2D eigenvalue weighted by atomic mass is 9.89. The maximum atomic E-state index is 10.0. The standard InChI is InChI=1S/C15H15BrO2/c16-12-6-4-11(5-7-12)13(17)8-10-15-9-2-1-3-14(15)18-15/h4-7,13-14,17H,1-3,9H2. The fourth-order valence-electron chi connectivity index (χ4n) is 2.54. The molecule has 1 aromatic carbocycles. The molecule has 2 nitrogen and oxygen atoms in total. The van der Waals surface area contributed by atoms with Gasteiger partial charge in [-0.1, -0.05) is 46.3 Å². The summed E-state index contributed by atoms with van der Waals surface area (Å²) in [4.78, 5) is 0. The summed E-state index contributed by atoms with van der Waals surface area (Å²) in [6.45, 7) is 0. The van der Waals surface area contributed by atoms with E-state index in [0.717, 1.165) is 22.9 Å². The molecule has 1 saturated heterocycles. The van der Waals surface area contributed by atoms with Gasteiger partial charge >= 0.3 is 0 Å². The normalized spacial score (nSPS) is 30.9. The van der Waals surface area contributed by atoms with Crippen molar-refractivity contribution in [2.24, 2.45) is 0 Å². The average molecular weight is 307 g/mol. The van der Waals surface area contributed by atoms with E-state index in [9.17, 15) is 5.11 Å². The second-order valence-electron chi connectivity index (χ2n) is 4.97. The van der Waals surface area contributed by atoms with E-state index in [1.165, 1.54) is 12.8 Å². The van der Waals surface area contributed by atoms with E-state index in [-0.39, 0.29) is 5.60 Å². The van der Waals surface area contributed by atoms with Gasteiger partial charge in [0.2, 0.25) is 0 Å². The lowest BCUT2D eigenvalue weighted by molar-refractivity contribution is 0.237. The Morgan fingerprint density at radius 2 is 2.11 bits per heavy atom. The molecule has 2 aliphatic rings. The first-order valence-electron chi connectivity index (χ1n) is 6.34. The number of aliphatic hydroxyl groups is 1. The molecule has 2 fully saturated rings. The number of fused-ring (bicyclic) bond motifs is 1. The van der Waals surface area contributed by atoms with E-state index >= 15 is 0 Å². The molecule has 1 aromatic rings. The van der Waals surface area contributed by atoms with Crippen molar-refractivity contribution in [3.63, 3.8) is 0 Å². The first-order chi connectivity index (χ1) is 8.70. The van der Waals surface area contributed by atoms with Crippen LogP contribution in [0.3, 0.4) is 0 Å². The summed E-state index contributed by atoms with van der Waals surface area (Å²) in [6.07, 6.45) is 4.14. The summed E-state index contributed by atoms with van der Waals surface area (Å²) in [5, 5.41) is 10.0. The van der Waals surface area contributed by atoms with E-state index in [1.54, 1.807) is 0 Å². The molecular formula is C15H15BrO2. The van der Waals surface area contributed by atoms with Crippen molar-refractivity contribution >= 4 is 15.9 Å². The predicted octanol–water partition coefficient (Wildman–Crippen LogP) is 3.20. The maximum absolute atomic E-state index is 10.0. The van der Waals surface area contributed by atoms with Gasteiger partial charge in [0.1, 0.15) is 6.10 Å². The lowest BCUT2D eigenvalue weighted by Crippen LogP contribution is -2.17. The Labute approximate surface area is 115 Å². The summed E-state index contributed by atoms with van der Waals surface area (Å²) in [5.41, 5.74) is 0.601. The monoisotopic (exact) mass is 306 g/mol. The topological polar surface area (TPSA) is 32.8 Å². The zero-order chi connectivity index (χ0) is 12.6. The van der Waals surface area contributed by atoms with Gasteiger partial charge in [-0.25, -0.2) is 0 Å². The third-order valence-corrected chi connectivity index (χ3v) is 4.21. The molecular weight excluding hydrogens is 292 g/mol. The predicted molar refractivity (Wildman–Crippen MR) is 72.9 cm³/mol. The van der Waals surface area contributed by atoms with Crippen LogP contribution >= 0.6 is 15.9 Å². The van der Waals surface area contributed by atoms with E-state index < -0.39 is 6.10 Å². The van der Waals surface area contributed by atoms with Gasteiger partial charge in [-0.05, 0) is 37.0 Å². The minimum absolute atomic E-state index is 0.228. The van der Waals surface area contributed by atoms with Gasteiger partial charge in [0.05, 0.1) is 6.10 Å². The highest BCUT2D eigenvalue weighted by Gasteiger charge is 2.56. The van der Waals surface area contributed by atoms with Crippen molar-refractivity contribution in [2.75, 3.05) is 0 Å². The first kappa shape index (κ1) is 12.2. The highest BCUT2D eigenvalue weighted by atomic mass is 79.9. The number of hydrogen-bond acceptors (Lipinski definition) is 2. The Kier molecular flexibility index (Phi) is 3.19. The fraction of sp³-hybridized carbons (Fsp3) is 0.467. The van der Waals surface area contributed by atoms with Crippen molar-refractivity contribution < 1.29 is 9.84 Å².